The molecule has 7 heteroatoms. The Labute approximate surface area is 167 Å². The average molecular weight is 438 g/mol. The van der Waals surface area contributed by atoms with Crippen molar-refractivity contribution in [1.29, 1.82) is 0 Å². The van der Waals surface area contributed by atoms with Crippen LogP contribution in [0.1, 0.15) is 20.7 Å². The highest BCUT2D eigenvalue weighted by molar-refractivity contribution is 9.10. The Kier molecular flexibility index (Phi) is 4.44. The zero-order valence-corrected chi connectivity index (χ0v) is 15.8. The monoisotopic (exact) mass is 437 g/mol. The fraction of sp³-hybridized carbons (Fsp3) is 0. The number of carbonyl (C=O) groups is 2. The molecule has 4 aromatic rings. The predicted octanol–water partition coefficient (Wildman–Crippen LogP) is 5.32. The summed E-state index contributed by atoms with van der Waals surface area (Å²) in [7, 11) is 0. The summed E-state index contributed by atoms with van der Waals surface area (Å²) in [4.78, 5) is 27.7. The number of rotatable bonds is 4. The summed E-state index contributed by atoms with van der Waals surface area (Å²) in [5, 5.41) is 19.5. The molecule has 0 amide bonds. The molecule has 0 aliphatic heterocycles. The van der Waals surface area contributed by atoms with Crippen LogP contribution in [-0.4, -0.2) is 27.1 Å². The quantitative estimate of drug-likeness (QED) is 0.447. The minimum Gasteiger partial charge on any atom is -0.478 e. The van der Waals surface area contributed by atoms with Crippen molar-refractivity contribution >= 4 is 38.8 Å². The van der Waals surface area contributed by atoms with Gasteiger partial charge in [-0.1, -0.05) is 34.1 Å². The molecular weight excluding hydrogens is 426 g/mol. The van der Waals surface area contributed by atoms with Crippen molar-refractivity contribution in [3.8, 4) is 22.8 Å². The normalized spacial score (nSPS) is 10.9. The van der Waals surface area contributed by atoms with E-state index in [1.165, 1.54) is 12.1 Å². The van der Waals surface area contributed by atoms with E-state index >= 15 is 0 Å². The zero-order valence-electron chi connectivity index (χ0n) is 14.2. The molecule has 0 saturated heterocycles. The molecule has 2 N–H and O–H groups in total. The number of hydrogen-bond donors (Lipinski definition) is 2. The van der Waals surface area contributed by atoms with Gasteiger partial charge in [0.15, 0.2) is 5.76 Å². The number of aromatic nitrogens is 1. The third-order valence-electron chi connectivity index (χ3n) is 4.28. The van der Waals surface area contributed by atoms with Crippen LogP contribution in [0.4, 0.5) is 0 Å². The molecule has 0 atom stereocenters. The van der Waals surface area contributed by atoms with Crippen molar-refractivity contribution in [3.05, 3.63) is 76.3 Å². The van der Waals surface area contributed by atoms with E-state index in [1.807, 2.05) is 0 Å². The smallest absolute Gasteiger partial charge is 0.336 e. The largest absolute Gasteiger partial charge is 0.478 e. The molecule has 6 nitrogen and oxygen atoms in total. The van der Waals surface area contributed by atoms with Gasteiger partial charge in [-0.15, -0.1) is 0 Å². The van der Waals surface area contributed by atoms with Gasteiger partial charge in [0.1, 0.15) is 11.5 Å². The second-order valence-corrected chi connectivity index (χ2v) is 6.95. The van der Waals surface area contributed by atoms with Crippen molar-refractivity contribution in [2.45, 2.75) is 0 Å². The maximum Gasteiger partial charge on any atom is 0.336 e. The lowest BCUT2D eigenvalue weighted by molar-refractivity contribution is 0.0687. The van der Waals surface area contributed by atoms with Gasteiger partial charge in [-0.05, 0) is 42.5 Å². The van der Waals surface area contributed by atoms with Crippen LogP contribution < -0.4 is 0 Å². The van der Waals surface area contributed by atoms with Crippen molar-refractivity contribution in [1.82, 2.24) is 4.98 Å². The van der Waals surface area contributed by atoms with Crippen molar-refractivity contribution in [3.63, 3.8) is 0 Å². The second kappa shape index (κ2) is 6.94. The standard InChI is InChI=1S/C21H12BrNO5/c22-11-5-6-16-14(9-11)15(21(26)27)10-17(23-16)19-8-7-18(28-19)12-3-1-2-4-13(12)20(24)25/h1-10H,(H,24,25)(H,26,27). The summed E-state index contributed by atoms with van der Waals surface area (Å²) in [6.45, 7) is 0. The molecular formula is C21H12BrNO5. The molecule has 0 radical (unpaired) electrons. The van der Waals surface area contributed by atoms with Crippen molar-refractivity contribution in [2.75, 3.05) is 0 Å². The zero-order chi connectivity index (χ0) is 19.8. The minimum absolute atomic E-state index is 0.102. The number of hydrogen-bond acceptors (Lipinski definition) is 4. The van der Waals surface area contributed by atoms with Gasteiger partial charge < -0.3 is 14.6 Å². The Morgan fingerprint density at radius 1 is 0.857 bits per heavy atom. The van der Waals surface area contributed by atoms with Crippen LogP contribution in [0.15, 0.2) is 69.6 Å². The first-order chi connectivity index (χ1) is 13.4. The highest BCUT2D eigenvalue weighted by Crippen LogP contribution is 2.32. The summed E-state index contributed by atoms with van der Waals surface area (Å²) < 4.78 is 6.58. The van der Waals surface area contributed by atoms with Gasteiger partial charge in [-0.3, -0.25) is 0 Å². The van der Waals surface area contributed by atoms with E-state index in [9.17, 15) is 19.8 Å². The Morgan fingerprint density at radius 3 is 2.32 bits per heavy atom. The highest BCUT2D eigenvalue weighted by atomic mass is 79.9. The number of aromatic carboxylic acids is 2. The first-order valence-corrected chi connectivity index (χ1v) is 9.00. The van der Waals surface area contributed by atoms with Crippen LogP contribution in [0.3, 0.4) is 0 Å². The fourth-order valence-electron chi connectivity index (χ4n) is 3.01. The van der Waals surface area contributed by atoms with E-state index in [0.29, 0.717) is 33.7 Å². The van der Waals surface area contributed by atoms with E-state index in [-0.39, 0.29) is 11.1 Å². The molecule has 0 aliphatic carbocycles. The molecule has 0 bridgehead atoms. The molecule has 4 rings (SSSR count). The van der Waals surface area contributed by atoms with E-state index in [2.05, 4.69) is 20.9 Å². The lowest BCUT2D eigenvalue weighted by Gasteiger charge is -2.06. The van der Waals surface area contributed by atoms with Gasteiger partial charge in [-0.25, -0.2) is 14.6 Å². The number of carboxylic acids is 2. The lowest BCUT2D eigenvalue weighted by atomic mass is 10.1. The number of pyridine rings is 1. The van der Waals surface area contributed by atoms with Gasteiger partial charge >= 0.3 is 11.9 Å². The molecule has 0 unspecified atom stereocenters. The first kappa shape index (κ1) is 17.9. The SMILES string of the molecule is O=C(O)c1ccccc1-c1ccc(-c2cc(C(=O)O)c3cc(Br)ccc3n2)o1. The summed E-state index contributed by atoms with van der Waals surface area (Å²) >= 11 is 3.34. The Morgan fingerprint density at radius 2 is 1.57 bits per heavy atom. The highest BCUT2D eigenvalue weighted by Gasteiger charge is 2.18. The number of nitrogens with zero attached hydrogens (tertiary/aromatic N) is 1. The number of furan rings is 1. The van der Waals surface area contributed by atoms with E-state index in [1.54, 1.807) is 48.5 Å². The number of carboxylic acid groups (broad SMARTS) is 2. The van der Waals surface area contributed by atoms with Gasteiger partial charge in [0.2, 0.25) is 0 Å². The molecule has 0 saturated carbocycles. The molecule has 2 aromatic heterocycles. The molecule has 0 aliphatic rings. The van der Waals surface area contributed by atoms with Gasteiger partial charge in [0.05, 0.1) is 16.6 Å². The van der Waals surface area contributed by atoms with Gasteiger partial charge in [0, 0.05) is 15.4 Å². The van der Waals surface area contributed by atoms with E-state index in [0.717, 1.165) is 4.47 Å². The minimum atomic E-state index is -1.07. The Hall–Kier alpha value is -3.45. The first-order valence-electron chi connectivity index (χ1n) is 8.20. The summed E-state index contributed by atoms with van der Waals surface area (Å²) in [6, 6.07) is 16.4. The van der Waals surface area contributed by atoms with E-state index < -0.39 is 11.9 Å². The van der Waals surface area contributed by atoms with E-state index in [4.69, 9.17) is 4.42 Å². The third kappa shape index (κ3) is 3.16. The maximum absolute atomic E-state index is 11.7. The molecule has 2 heterocycles. The summed E-state index contributed by atoms with van der Waals surface area (Å²) in [6.07, 6.45) is 0. The fourth-order valence-corrected chi connectivity index (χ4v) is 3.37. The van der Waals surface area contributed by atoms with Crippen LogP contribution in [0.25, 0.3) is 33.7 Å². The molecule has 28 heavy (non-hydrogen) atoms. The van der Waals surface area contributed by atoms with Crippen LogP contribution in [0.2, 0.25) is 0 Å². The summed E-state index contributed by atoms with van der Waals surface area (Å²) in [5.41, 5.74) is 1.52. The molecule has 0 spiro atoms. The summed E-state index contributed by atoms with van der Waals surface area (Å²) in [5.74, 6) is -1.42. The topological polar surface area (TPSA) is 101 Å². The number of fused-ring (bicyclic) bond motifs is 1. The molecule has 0 fully saturated rings. The van der Waals surface area contributed by atoms with Crippen molar-refractivity contribution < 1.29 is 24.2 Å². The van der Waals surface area contributed by atoms with Crippen LogP contribution in [-0.2, 0) is 0 Å². The van der Waals surface area contributed by atoms with Crippen LogP contribution in [0, 0.1) is 0 Å². The average Bonchev–Trinajstić information content (AvgIpc) is 3.17. The molecule has 2 aromatic carbocycles. The van der Waals surface area contributed by atoms with Crippen LogP contribution >= 0.6 is 15.9 Å². The van der Waals surface area contributed by atoms with Gasteiger partial charge in [-0.2, -0.15) is 0 Å². The molecule has 138 valence electrons. The van der Waals surface area contributed by atoms with Gasteiger partial charge in [0.25, 0.3) is 0 Å². The predicted molar refractivity (Wildman–Crippen MR) is 106 cm³/mol. The van der Waals surface area contributed by atoms with Crippen LogP contribution in [0.5, 0.6) is 0 Å². The number of halogens is 1. The lowest BCUT2D eigenvalue weighted by Crippen LogP contribution is -2.00. The Bertz CT molecular complexity index is 1240. The third-order valence-corrected chi connectivity index (χ3v) is 4.78. The maximum atomic E-state index is 11.7. The number of benzene rings is 2. The second-order valence-electron chi connectivity index (χ2n) is 6.04. The van der Waals surface area contributed by atoms with Crippen molar-refractivity contribution in [2.24, 2.45) is 0 Å². The Balaban J connectivity index is 1.86.